The van der Waals surface area contributed by atoms with Crippen LogP contribution in [-0.4, -0.2) is 33.4 Å². The van der Waals surface area contributed by atoms with Crippen LogP contribution in [0.15, 0.2) is 24.3 Å². The first-order chi connectivity index (χ1) is 12.0. The molecule has 1 saturated carbocycles. The first-order valence-electron chi connectivity index (χ1n) is 8.74. The number of nitrogens with one attached hydrogen (secondary N) is 1. The van der Waals surface area contributed by atoms with Gasteiger partial charge in [-0.15, -0.1) is 0 Å². The van der Waals surface area contributed by atoms with Gasteiger partial charge in [0, 0.05) is 6.54 Å². The second-order valence-electron chi connectivity index (χ2n) is 6.83. The Bertz CT molecular complexity index is 755. The molecule has 0 spiro atoms. The van der Waals surface area contributed by atoms with E-state index in [1.54, 1.807) is 23.7 Å². The molecule has 0 saturated heterocycles. The fourth-order valence-corrected chi connectivity index (χ4v) is 3.58. The molecule has 1 aliphatic rings. The summed E-state index contributed by atoms with van der Waals surface area (Å²) >= 11 is 0. The molecular formula is C19H24FN3O2. The zero-order valence-electron chi connectivity index (χ0n) is 14.6. The number of hydrogen-bond acceptors (Lipinski definition) is 3. The maximum atomic E-state index is 13.1. The lowest BCUT2D eigenvalue weighted by Crippen LogP contribution is -2.33. The zero-order valence-corrected chi connectivity index (χ0v) is 14.6. The maximum Gasteiger partial charge on any atom is 0.255 e. The third-order valence-electron chi connectivity index (χ3n) is 4.90. The molecule has 1 aromatic heterocycles. The van der Waals surface area contributed by atoms with Crippen LogP contribution in [-0.2, 0) is 0 Å². The van der Waals surface area contributed by atoms with E-state index in [2.05, 4.69) is 10.4 Å². The van der Waals surface area contributed by atoms with Gasteiger partial charge >= 0.3 is 0 Å². The smallest absolute Gasteiger partial charge is 0.255 e. The van der Waals surface area contributed by atoms with Gasteiger partial charge in [0.2, 0.25) is 0 Å². The minimum atomic E-state index is -0.307. The lowest BCUT2D eigenvalue weighted by atomic mass is 9.87. The van der Waals surface area contributed by atoms with E-state index < -0.39 is 0 Å². The Morgan fingerprint density at radius 3 is 2.72 bits per heavy atom. The minimum absolute atomic E-state index is 0.150. The molecule has 0 radical (unpaired) electrons. The van der Waals surface area contributed by atoms with E-state index in [-0.39, 0.29) is 17.8 Å². The van der Waals surface area contributed by atoms with Crippen LogP contribution in [0, 0.1) is 25.6 Å². The Labute approximate surface area is 146 Å². The highest BCUT2D eigenvalue weighted by atomic mass is 19.1. The predicted molar refractivity (Wildman–Crippen MR) is 93.3 cm³/mol. The molecule has 2 unspecified atom stereocenters. The van der Waals surface area contributed by atoms with Crippen LogP contribution in [0.4, 0.5) is 4.39 Å². The van der Waals surface area contributed by atoms with Gasteiger partial charge in [0.25, 0.3) is 5.91 Å². The molecule has 2 N–H and O–H groups in total. The summed E-state index contributed by atoms with van der Waals surface area (Å²) in [6.07, 6.45) is 3.38. The van der Waals surface area contributed by atoms with E-state index in [0.717, 1.165) is 37.1 Å². The summed E-state index contributed by atoms with van der Waals surface area (Å²) in [4.78, 5) is 12.6. The van der Waals surface area contributed by atoms with E-state index in [9.17, 15) is 14.3 Å². The van der Waals surface area contributed by atoms with E-state index in [1.165, 1.54) is 12.1 Å². The van der Waals surface area contributed by atoms with Crippen molar-refractivity contribution >= 4 is 5.91 Å². The van der Waals surface area contributed by atoms with Gasteiger partial charge in [-0.3, -0.25) is 4.79 Å². The molecule has 0 bridgehead atoms. The average molecular weight is 345 g/mol. The van der Waals surface area contributed by atoms with Crippen molar-refractivity contribution in [3.63, 3.8) is 0 Å². The number of aliphatic hydroxyl groups is 1. The van der Waals surface area contributed by atoms with Crippen LogP contribution in [0.5, 0.6) is 0 Å². The SMILES string of the molecule is Cc1nn(-c2ccc(F)cc2)c(C)c1C(=O)NCC1CCCC(O)C1. The van der Waals surface area contributed by atoms with Gasteiger partial charge in [-0.25, -0.2) is 9.07 Å². The molecule has 1 amide bonds. The molecule has 3 rings (SSSR count). The molecule has 134 valence electrons. The van der Waals surface area contributed by atoms with E-state index in [4.69, 9.17) is 0 Å². The van der Waals surface area contributed by atoms with Crippen LogP contribution >= 0.6 is 0 Å². The highest BCUT2D eigenvalue weighted by molar-refractivity contribution is 5.96. The Kier molecular flexibility index (Phi) is 5.18. The molecule has 2 aromatic rings. The third-order valence-corrected chi connectivity index (χ3v) is 4.90. The van der Waals surface area contributed by atoms with Crippen molar-refractivity contribution in [1.82, 2.24) is 15.1 Å². The summed E-state index contributed by atoms with van der Waals surface area (Å²) in [5.74, 6) is -0.137. The Balaban J connectivity index is 1.73. The third kappa shape index (κ3) is 3.90. The number of amides is 1. The average Bonchev–Trinajstić information content (AvgIpc) is 2.88. The van der Waals surface area contributed by atoms with Crippen molar-refractivity contribution in [2.75, 3.05) is 6.54 Å². The fourth-order valence-electron chi connectivity index (χ4n) is 3.58. The monoisotopic (exact) mass is 345 g/mol. The number of carbonyl (C=O) groups excluding carboxylic acids is 1. The van der Waals surface area contributed by atoms with Crippen molar-refractivity contribution in [3.8, 4) is 5.69 Å². The molecule has 1 fully saturated rings. The topological polar surface area (TPSA) is 67.2 Å². The molecule has 1 heterocycles. The van der Waals surface area contributed by atoms with Gasteiger partial charge in [0.15, 0.2) is 0 Å². The summed E-state index contributed by atoms with van der Waals surface area (Å²) in [6.45, 7) is 4.20. The Hall–Kier alpha value is -2.21. The van der Waals surface area contributed by atoms with Gasteiger partial charge in [0.1, 0.15) is 5.82 Å². The summed E-state index contributed by atoms with van der Waals surface area (Å²) < 4.78 is 14.8. The van der Waals surface area contributed by atoms with Crippen LogP contribution in [0.2, 0.25) is 0 Å². The van der Waals surface area contributed by atoms with Crippen molar-refractivity contribution in [1.29, 1.82) is 0 Å². The molecule has 2 atom stereocenters. The summed E-state index contributed by atoms with van der Waals surface area (Å²) in [5.41, 5.74) is 2.64. The molecule has 1 aromatic carbocycles. The number of rotatable bonds is 4. The number of nitrogens with zero attached hydrogens (tertiary/aromatic N) is 2. The number of benzene rings is 1. The summed E-state index contributed by atoms with van der Waals surface area (Å²) in [6, 6.07) is 6.03. The van der Waals surface area contributed by atoms with Crippen molar-refractivity contribution in [2.45, 2.75) is 45.6 Å². The molecule has 0 aliphatic heterocycles. The van der Waals surface area contributed by atoms with E-state index in [1.807, 2.05) is 6.92 Å². The Morgan fingerprint density at radius 1 is 1.32 bits per heavy atom. The highest BCUT2D eigenvalue weighted by Gasteiger charge is 2.23. The first-order valence-corrected chi connectivity index (χ1v) is 8.74. The Morgan fingerprint density at radius 2 is 2.04 bits per heavy atom. The second kappa shape index (κ2) is 7.35. The number of halogens is 1. The lowest BCUT2D eigenvalue weighted by molar-refractivity contribution is 0.0873. The summed E-state index contributed by atoms with van der Waals surface area (Å²) in [7, 11) is 0. The molecule has 1 aliphatic carbocycles. The normalized spacial score (nSPS) is 20.5. The van der Waals surface area contributed by atoms with Crippen molar-refractivity contribution in [2.24, 2.45) is 5.92 Å². The van der Waals surface area contributed by atoms with E-state index in [0.29, 0.717) is 23.7 Å². The largest absolute Gasteiger partial charge is 0.393 e. The number of aromatic nitrogens is 2. The minimum Gasteiger partial charge on any atom is -0.393 e. The van der Waals surface area contributed by atoms with Crippen LogP contribution in [0.25, 0.3) is 5.69 Å². The van der Waals surface area contributed by atoms with Gasteiger partial charge in [-0.05, 0) is 63.3 Å². The predicted octanol–water partition coefficient (Wildman–Crippen LogP) is 2.91. The first kappa shape index (κ1) is 17.6. The fraction of sp³-hybridized carbons (Fsp3) is 0.474. The highest BCUT2D eigenvalue weighted by Crippen LogP contribution is 2.24. The van der Waals surface area contributed by atoms with Crippen molar-refractivity contribution in [3.05, 3.63) is 47.0 Å². The van der Waals surface area contributed by atoms with Crippen LogP contribution in [0.3, 0.4) is 0 Å². The van der Waals surface area contributed by atoms with Gasteiger partial charge in [-0.1, -0.05) is 6.42 Å². The van der Waals surface area contributed by atoms with Gasteiger partial charge < -0.3 is 10.4 Å². The number of hydrogen-bond donors (Lipinski definition) is 2. The maximum absolute atomic E-state index is 13.1. The van der Waals surface area contributed by atoms with Gasteiger partial charge in [-0.2, -0.15) is 5.10 Å². The van der Waals surface area contributed by atoms with Gasteiger partial charge in [0.05, 0.1) is 28.7 Å². The van der Waals surface area contributed by atoms with E-state index >= 15 is 0 Å². The lowest BCUT2D eigenvalue weighted by Gasteiger charge is -2.25. The number of aryl methyl sites for hydroxylation is 1. The molecule has 6 heteroatoms. The molecule has 25 heavy (non-hydrogen) atoms. The number of aliphatic hydroxyl groups excluding tert-OH is 1. The standard InChI is InChI=1S/C19H24FN3O2/c1-12-18(19(25)21-11-14-4-3-5-17(24)10-14)13(2)23(22-12)16-8-6-15(20)7-9-16/h6-9,14,17,24H,3-5,10-11H2,1-2H3,(H,21,25). The van der Waals surface area contributed by atoms with Crippen LogP contribution < -0.4 is 5.32 Å². The second-order valence-corrected chi connectivity index (χ2v) is 6.83. The number of carbonyl (C=O) groups is 1. The zero-order chi connectivity index (χ0) is 18.0. The molecule has 5 nitrogen and oxygen atoms in total. The van der Waals surface area contributed by atoms with Crippen molar-refractivity contribution < 1.29 is 14.3 Å². The quantitative estimate of drug-likeness (QED) is 0.895. The molecular weight excluding hydrogens is 321 g/mol. The van der Waals surface area contributed by atoms with Crippen LogP contribution in [0.1, 0.15) is 47.4 Å². The summed E-state index contributed by atoms with van der Waals surface area (Å²) in [5, 5.41) is 17.2.